The van der Waals surface area contributed by atoms with Gasteiger partial charge in [0.2, 0.25) is 5.91 Å². The molecule has 0 unspecified atom stereocenters. The van der Waals surface area contributed by atoms with Crippen LogP contribution in [0.25, 0.3) is 0 Å². The van der Waals surface area contributed by atoms with E-state index < -0.39 is 0 Å². The third-order valence-electron chi connectivity index (χ3n) is 4.03. The molecule has 126 valence electrons. The Hall–Kier alpha value is -2.17. The lowest BCUT2D eigenvalue weighted by atomic mass is 10.2. The molecule has 24 heavy (non-hydrogen) atoms. The predicted molar refractivity (Wildman–Crippen MR) is 95.6 cm³/mol. The van der Waals surface area contributed by atoms with Crippen LogP contribution in [0.5, 0.6) is 0 Å². The summed E-state index contributed by atoms with van der Waals surface area (Å²) in [5, 5.41) is 6.09. The van der Waals surface area contributed by atoms with Gasteiger partial charge in [0, 0.05) is 5.69 Å². The molecule has 2 aromatic rings. The molecule has 1 amide bonds. The van der Waals surface area contributed by atoms with Crippen molar-refractivity contribution in [2.24, 2.45) is 5.92 Å². The molecule has 2 aromatic carbocycles. The van der Waals surface area contributed by atoms with Crippen molar-refractivity contribution in [3.8, 4) is 0 Å². The lowest BCUT2D eigenvalue weighted by Gasteiger charge is -2.08. The smallest absolute Gasteiger partial charge is 0.238 e. The highest BCUT2D eigenvalue weighted by Gasteiger charge is 2.20. The lowest BCUT2D eigenvalue weighted by Crippen LogP contribution is -2.29. The number of benzene rings is 2. The summed E-state index contributed by atoms with van der Waals surface area (Å²) in [6.07, 6.45) is 2.59. The van der Waals surface area contributed by atoms with Crippen molar-refractivity contribution < 1.29 is 9.53 Å². The molecule has 0 spiro atoms. The fraction of sp³-hybridized carbons (Fsp3) is 0.350. The van der Waals surface area contributed by atoms with Crippen LogP contribution in [-0.2, 0) is 22.7 Å². The standard InChI is InChI=1S/C20H24N2O2/c23-20(13-21-12-16-6-7-16)22-19-10-8-18(9-11-19)15-24-14-17-4-2-1-3-5-17/h1-5,8-11,16,21H,6-7,12-15H2,(H,22,23). The fourth-order valence-corrected chi connectivity index (χ4v) is 2.46. The molecular weight excluding hydrogens is 300 g/mol. The normalized spacial score (nSPS) is 13.7. The molecule has 0 saturated heterocycles. The topological polar surface area (TPSA) is 50.4 Å². The van der Waals surface area contributed by atoms with E-state index in [0.29, 0.717) is 19.8 Å². The van der Waals surface area contributed by atoms with Crippen molar-refractivity contribution in [1.29, 1.82) is 0 Å². The molecule has 0 radical (unpaired) electrons. The van der Waals surface area contributed by atoms with E-state index in [9.17, 15) is 4.79 Å². The van der Waals surface area contributed by atoms with Gasteiger partial charge in [-0.3, -0.25) is 4.79 Å². The molecular formula is C20H24N2O2. The first-order valence-corrected chi connectivity index (χ1v) is 8.51. The number of nitrogens with one attached hydrogen (secondary N) is 2. The number of amides is 1. The second kappa shape index (κ2) is 8.62. The van der Waals surface area contributed by atoms with Gasteiger partial charge in [0.1, 0.15) is 0 Å². The number of carbonyl (C=O) groups is 1. The summed E-state index contributed by atoms with van der Waals surface area (Å²) in [7, 11) is 0. The molecule has 1 aliphatic rings. The second-order valence-corrected chi connectivity index (χ2v) is 6.30. The summed E-state index contributed by atoms with van der Waals surface area (Å²) in [6, 6.07) is 17.9. The zero-order chi connectivity index (χ0) is 16.6. The highest BCUT2D eigenvalue weighted by molar-refractivity contribution is 5.92. The van der Waals surface area contributed by atoms with Gasteiger partial charge in [-0.05, 0) is 48.6 Å². The minimum atomic E-state index is 0.00345. The molecule has 2 N–H and O–H groups in total. The van der Waals surface area contributed by atoms with E-state index in [1.165, 1.54) is 18.4 Å². The van der Waals surface area contributed by atoms with Crippen LogP contribution in [0.1, 0.15) is 24.0 Å². The van der Waals surface area contributed by atoms with Crippen LogP contribution in [0.15, 0.2) is 54.6 Å². The Bertz CT molecular complexity index is 636. The number of carbonyl (C=O) groups excluding carboxylic acids is 1. The lowest BCUT2D eigenvalue weighted by molar-refractivity contribution is -0.115. The Morgan fingerprint density at radius 2 is 1.62 bits per heavy atom. The van der Waals surface area contributed by atoms with E-state index in [1.807, 2.05) is 42.5 Å². The van der Waals surface area contributed by atoms with Gasteiger partial charge < -0.3 is 15.4 Å². The first kappa shape index (κ1) is 16.7. The summed E-state index contributed by atoms with van der Waals surface area (Å²) in [4.78, 5) is 11.8. The SMILES string of the molecule is O=C(CNCC1CC1)Nc1ccc(COCc2ccccc2)cc1. The van der Waals surface area contributed by atoms with Crippen LogP contribution in [0, 0.1) is 5.92 Å². The quantitative estimate of drug-likeness (QED) is 0.744. The monoisotopic (exact) mass is 324 g/mol. The van der Waals surface area contributed by atoms with Crippen molar-refractivity contribution in [3.63, 3.8) is 0 Å². The molecule has 1 fully saturated rings. The van der Waals surface area contributed by atoms with Crippen molar-refractivity contribution in [3.05, 3.63) is 65.7 Å². The third-order valence-corrected chi connectivity index (χ3v) is 4.03. The van der Waals surface area contributed by atoms with Gasteiger partial charge >= 0.3 is 0 Å². The maximum Gasteiger partial charge on any atom is 0.238 e. The van der Waals surface area contributed by atoms with Crippen LogP contribution in [0.2, 0.25) is 0 Å². The van der Waals surface area contributed by atoms with Crippen molar-refractivity contribution >= 4 is 11.6 Å². The van der Waals surface area contributed by atoms with Gasteiger partial charge in [-0.2, -0.15) is 0 Å². The van der Waals surface area contributed by atoms with Crippen molar-refractivity contribution in [1.82, 2.24) is 5.32 Å². The zero-order valence-corrected chi connectivity index (χ0v) is 13.8. The molecule has 0 aromatic heterocycles. The first-order valence-electron chi connectivity index (χ1n) is 8.51. The Balaban J connectivity index is 1.37. The summed E-state index contributed by atoms with van der Waals surface area (Å²) in [6.45, 7) is 2.49. The highest BCUT2D eigenvalue weighted by Crippen LogP contribution is 2.27. The molecule has 1 aliphatic carbocycles. The Kier molecular flexibility index (Phi) is 5.99. The van der Waals surface area contributed by atoms with Gasteiger partial charge in [-0.1, -0.05) is 42.5 Å². The predicted octanol–water partition coefficient (Wildman–Crippen LogP) is 3.34. The van der Waals surface area contributed by atoms with E-state index in [2.05, 4.69) is 22.8 Å². The number of rotatable bonds is 9. The van der Waals surface area contributed by atoms with Crippen molar-refractivity contribution in [2.75, 3.05) is 18.4 Å². The molecule has 0 heterocycles. The van der Waals surface area contributed by atoms with Gasteiger partial charge in [0.25, 0.3) is 0 Å². The van der Waals surface area contributed by atoms with Crippen LogP contribution in [0.4, 0.5) is 5.69 Å². The maximum absolute atomic E-state index is 11.8. The maximum atomic E-state index is 11.8. The second-order valence-electron chi connectivity index (χ2n) is 6.30. The van der Waals surface area contributed by atoms with Gasteiger partial charge in [-0.15, -0.1) is 0 Å². The fourth-order valence-electron chi connectivity index (χ4n) is 2.46. The van der Waals surface area contributed by atoms with Gasteiger partial charge in [-0.25, -0.2) is 0 Å². The van der Waals surface area contributed by atoms with Crippen molar-refractivity contribution in [2.45, 2.75) is 26.1 Å². The number of ether oxygens (including phenoxy) is 1. The summed E-state index contributed by atoms with van der Waals surface area (Å²) in [5.74, 6) is 0.789. The minimum absolute atomic E-state index is 0.00345. The summed E-state index contributed by atoms with van der Waals surface area (Å²) < 4.78 is 5.71. The largest absolute Gasteiger partial charge is 0.372 e. The number of hydrogen-bond donors (Lipinski definition) is 2. The van der Waals surface area contributed by atoms with E-state index in [1.54, 1.807) is 0 Å². The molecule has 1 saturated carbocycles. The average Bonchev–Trinajstić information content (AvgIpc) is 3.42. The van der Waals surface area contributed by atoms with Crippen LogP contribution >= 0.6 is 0 Å². The third kappa shape index (κ3) is 5.80. The Labute approximate surface area is 143 Å². The van der Waals surface area contributed by atoms with E-state index in [0.717, 1.165) is 23.7 Å². The van der Waals surface area contributed by atoms with Gasteiger partial charge in [0.15, 0.2) is 0 Å². The number of hydrogen-bond acceptors (Lipinski definition) is 3. The summed E-state index contributed by atoms with van der Waals surface area (Å²) in [5.41, 5.74) is 3.08. The molecule has 4 heteroatoms. The minimum Gasteiger partial charge on any atom is -0.372 e. The zero-order valence-electron chi connectivity index (χ0n) is 13.8. The van der Waals surface area contributed by atoms with E-state index in [4.69, 9.17) is 4.74 Å². The Morgan fingerprint density at radius 1 is 0.958 bits per heavy atom. The highest BCUT2D eigenvalue weighted by atomic mass is 16.5. The van der Waals surface area contributed by atoms with E-state index in [-0.39, 0.29) is 5.91 Å². The van der Waals surface area contributed by atoms with Crippen LogP contribution in [0.3, 0.4) is 0 Å². The van der Waals surface area contributed by atoms with Crippen LogP contribution in [-0.4, -0.2) is 19.0 Å². The van der Waals surface area contributed by atoms with Gasteiger partial charge in [0.05, 0.1) is 19.8 Å². The molecule has 3 rings (SSSR count). The Morgan fingerprint density at radius 3 is 2.29 bits per heavy atom. The average molecular weight is 324 g/mol. The van der Waals surface area contributed by atoms with E-state index >= 15 is 0 Å². The first-order chi connectivity index (χ1) is 11.8. The van der Waals surface area contributed by atoms with Crippen LogP contribution < -0.4 is 10.6 Å². The molecule has 0 bridgehead atoms. The number of anilines is 1. The molecule has 0 aliphatic heterocycles. The molecule has 4 nitrogen and oxygen atoms in total. The summed E-state index contributed by atoms with van der Waals surface area (Å²) >= 11 is 0. The molecule has 0 atom stereocenters.